The van der Waals surface area contributed by atoms with Gasteiger partial charge in [-0.3, -0.25) is 0 Å². The molecular formula is C14H22N2O2S. The molecule has 0 amide bonds. The summed E-state index contributed by atoms with van der Waals surface area (Å²) in [5, 5.41) is 3.32. The maximum atomic E-state index is 11.8. The van der Waals surface area contributed by atoms with Gasteiger partial charge in [-0.25, -0.2) is 8.42 Å². The predicted octanol–water partition coefficient (Wildman–Crippen LogP) is 0.846. The number of hydrogen-bond acceptors (Lipinski definition) is 4. The maximum absolute atomic E-state index is 11.8. The summed E-state index contributed by atoms with van der Waals surface area (Å²) >= 11 is 0. The van der Waals surface area contributed by atoms with Gasteiger partial charge in [-0.2, -0.15) is 0 Å². The summed E-state index contributed by atoms with van der Waals surface area (Å²) in [5.41, 5.74) is 2.06. The van der Waals surface area contributed by atoms with Gasteiger partial charge >= 0.3 is 0 Å². The summed E-state index contributed by atoms with van der Waals surface area (Å²) in [4.78, 5) is 2.86. The summed E-state index contributed by atoms with van der Waals surface area (Å²) in [6.07, 6.45) is 2.08. The van der Waals surface area contributed by atoms with Crippen LogP contribution in [0.2, 0.25) is 0 Å². The largest absolute Gasteiger partial charge is 0.314 e. The van der Waals surface area contributed by atoms with Gasteiger partial charge in [0.2, 0.25) is 0 Å². The summed E-state index contributed by atoms with van der Waals surface area (Å²) in [6.45, 7) is 7.05. The molecule has 1 aromatic rings. The van der Waals surface area contributed by atoms with E-state index < -0.39 is 9.84 Å². The number of aryl methyl sites for hydroxylation is 1. The first-order chi connectivity index (χ1) is 8.97. The Morgan fingerprint density at radius 3 is 2.58 bits per heavy atom. The number of nitrogens with one attached hydrogen (secondary N) is 1. The van der Waals surface area contributed by atoms with Crippen molar-refractivity contribution in [2.75, 3.05) is 39.0 Å². The molecule has 1 heterocycles. The summed E-state index contributed by atoms with van der Waals surface area (Å²) in [5.74, 6) is 0. The first-order valence-corrected chi connectivity index (χ1v) is 8.58. The highest BCUT2D eigenvalue weighted by atomic mass is 32.2. The summed E-state index contributed by atoms with van der Waals surface area (Å²) in [7, 11) is -3.13. The van der Waals surface area contributed by atoms with Crippen LogP contribution < -0.4 is 5.32 Å². The van der Waals surface area contributed by atoms with Crippen LogP contribution in [0.3, 0.4) is 0 Å². The normalized spacial score (nSPS) is 17.6. The Bertz CT molecular complexity index is 534. The fraction of sp³-hybridized carbons (Fsp3) is 0.571. The lowest BCUT2D eigenvalue weighted by atomic mass is 10.1. The average Bonchev–Trinajstić information content (AvgIpc) is 2.36. The molecule has 0 bridgehead atoms. The minimum Gasteiger partial charge on any atom is -0.314 e. The number of sulfone groups is 1. The maximum Gasteiger partial charge on any atom is 0.175 e. The Labute approximate surface area is 115 Å². The minimum atomic E-state index is -3.13. The van der Waals surface area contributed by atoms with E-state index in [0.29, 0.717) is 4.90 Å². The van der Waals surface area contributed by atoms with Gasteiger partial charge < -0.3 is 10.2 Å². The highest BCUT2D eigenvalue weighted by Crippen LogP contribution is 2.18. The number of nitrogens with zero attached hydrogens (tertiary/aromatic N) is 1. The molecular weight excluding hydrogens is 260 g/mol. The molecule has 19 heavy (non-hydrogen) atoms. The van der Waals surface area contributed by atoms with E-state index in [4.69, 9.17) is 0 Å². The molecule has 1 aliphatic rings. The van der Waals surface area contributed by atoms with E-state index in [9.17, 15) is 8.42 Å². The first kappa shape index (κ1) is 14.5. The Morgan fingerprint density at radius 2 is 1.95 bits per heavy atom. The molecule has 4 nitrogen and oxygen atoms in total. The zero-order valence-corrected chi connectivity index (χ0v) is 12.5. The van der Waals surface area contributed by atoms with Crippen LogP contribution in [-0.2, 0) is 16.3 Å². The van der Waals surface area contributed by atoms with Crippen LogP contribution in [0.1, 0.15) is 11.1 Å². The van der Waals surface area contributed by atoms with Gasteiger partial charge in [0.1, 0.15) is 0 Å². The Balaban J connectivity index is 2.12. The molecule has 2 rings (SSSR count). The van der Waals surface area contributed by atoms with E-state index in [1.165, 1.54) is 6.26 Å². The van der Waals surface area contributed by atoms with Gasteiger partial charge in [0, 0.05) is 39.0 Å². The Morgan fingerprint density at radius 1 is 1.26 bits per heavy atom. The SMILES string of the molecule is Cc1ccc(S(C)(=O)=O)c(CCN2CCNCC2)c1. The van der Waals surface area contributed by atoms with Crippen molar-refractivity contribution in [2.45, 2.75) is 18.2 Å². The van der Waals surface area contributed by atoms with Crippen molar-refractivity contribution >= 4 is 9.84 Å². The summed E-state index contributed by atoms with van der Waals surface area (Å²) in [6, 6.07) is 5.60. The zero-order valence-electron chi connectivity index (χ0n) is 11.6. The molecule has 0 unspecified atom stereocenters. The number of rotatable bonds is 4. The van der Waals surface area contributed by atoms with E-state index in [0.717, 1.165) is 50.3 Å². The van der Waals surface area contributed by atoms with Crippen molar-refractivity contribution in [1.82, 2.24) is 10.2 Å². The van der Waals surface area contributed by atoms with Crippen molar-refractivity contribution < 1.29 is 8.42 Å². The quantitative estimate of drug-likeness (QED) is 0.889. The van der Waals surface area contributed by atoms with Crippen molar-refractivity contribution in [3.05, 3.63) is 29.3 Å². The van der Waals surface area contributed by atoms with Gasteiger partial charge in [-0.05, 0) is 25.0 Å². The fourth-order valence-electron chi connectivity index (χ4n) is 2.48. The van der Waals surface area contributed by atoms with Gasteiger partial charge in [-0.15, -0.1) is 0 Å². The highest BCUT2D eigenvalue weighted by molar-refractivity contribution is 7.90. The lowest BCUT2D eigenvalue weighted by Crippen LogP contribution is -2.44. The standard InChI is InChI=1S/C14H22N2O2S/c1-12-3-4-14(19(2,17)18)13(11-12)5-8-16-9-6-15-7-10-16/h3-4,11,15H,5-10H2,1-2H3. The summed E-state index contributed by atoms with van der Waals surface area (Å²) < 4.78 is 23.6. The average molecular weight is 282 g/mol. The molecule has 0 spiro atoms. The molecule has 0 atom stereocenters. The second kappa shape index (κ2) is 6.03. The Hall–Kier alpha value is -0.910. The van der Waals surface area contributed by atoms with Gasteiger partial charge in [0.15, 0.2) is 9.84 Å². The minimum absolute atomic E-state index is 0.480. The van der Waals surface area contributed by atoms with E-state index in [-0.39, 0.29) is 0 Å². The molecule has 0 radical (unpaired) electrons. The monoisotopic (exact) mass is 282 g/mol. The number of hydrogen-bond donors (Lipinski definition) is 1. The van der Waals surface area contributed by atoms with Crippen LogP contribution in [0.25, 0.3) is 0 Å². The third-order valence-corrected chi connectivity index (χ3v) is 4.72. The van der Waals surface area contributed by atoms with Crippen LogP contribution in [0.15, 0.2) is 23.1 Å². The zero-order chi connectivity index (χ0) is 13.9. The molecule has 106 valence electrons. The van der Waals surface area contributed by atoms with Crippen molar-refractivity contribution in [3.63, 3.8) is 0 Å². The van der Waals surface area contributed by atoms with Crippen LogP contribution in [0, 0.1) is 6.92 Å². The smallest absolute Gasteiger partial charge is 0.175 e. The van der Waals surface area contributed by atoms with Crippen molar-refractivity contribution in [1.29, 1.82) is 0 Å². The van der Waals surface area contributed by atoms with E-state index >= 15 is 0 Å². The third kappa shape index (κ3) is 4.03. The van der Waals surface area contributed by atoms with Crippen molar-refractivity contribution in [3.8, 4) is 0 Å². The second-order valence-electron chi connectivity index (χ2n) is 5.22. The van der Waals surface area contributed by atoms with Crippen LogP contribution in [0.4, 0.5) is 0 Å². The number of benzene rings is 1. The van der Waals surface area contributed by atoms with E-state index in [2.05, 4.69) is 10.2 Å². The van der Waals surface area contributed by atoms with Crippen LogP contribution in [0.5, 0.6) is 0 Å². The molecule has 0 aromatic heterocycles. The lowest BCUT2D eigenvalue weighted by Gasteiger charge is -2.27. The van der Waals surface area contributed by atoms with E-state index in [1.54, 1.807) is 6.07 Å². The molecule has 1 N–H and O–H groups in total. The van der Waals surface area contributed by atoms with Crippen LogP contribution in [-0.4, -0.2) is 52.3 Å². The molecule has 1 aliphatic heterocycles. The van der Waals surface area contributed by atoms with E-state index in [1.807, 2.05) is 19.1 Å². The van der Waals surface area contributed by atoms with Gasteiger partial charge in [-0.1, -0.05) is 17.7 Å². The lowest BCUT2D eigenvalue weighted by molar-refractivity contribution is 0.243. The first-order valence-electron chi connectivity index (χ1n) is 6.69. The van der Waals surface area contributed by atoms with Crippen molar-refractivity contribution in [2.24, 2.45) is 0 Å². The molecule has 0 aliphatic carbocycles. The molecule has 1 saturated heterocycles. The molecule has 1 fully saturated rings. The number of piperazine rings is 1. The van der Waals surface area contributed by atoms with Gasteiger partial charge in [0.25, 0.3) is 0 Å². The molecule has 1 aromatic carbocycles. The highest BCUT2D eigenvalue weighted by Gasteiger charge is 2.15. The van der Waals surface area contributed by atoms with Gasteiger partial charge in [0.05, 0.1) is 4.90 Å². The third-order valence-electron chi connectivity index (χ3n) is 3.52. The Kier molecular flexibility index (Phi) is 4.60. The second-order valence-corrected chi connectivity index (χ2v) is 7.21. The topological polar surface area (TPSA) is 49.4 Å². The predicted molar refractivity (Wildman–Crippen MR) is 77.3 cm³/mol. The fourth-order valence-corrected chi connectivity index (χ4v) is 3.43. The van der Waals surface area contributed by atoms with Crippen LogP contribution >= 0.6 is 0 Å². The molecule has 0 saturated carbocycles. The molecule has 5 heteroatoms.